The Morgan fingerprint density at radius 2 is 1.82 bits per heavy atom. The van der Waals surface area contributed by atoms with Crippen LogP contribution in [0.2, 0.25) is 0 Å². The van der Waals surface area contributed by atoms with Crippen molar-refractivity contribution in [2.45, 2.75) is 90.5 Å². The van der Waals surface area contributed by atoms with E-state index in [-0.39, 0.29) is 5.54 Å². The van der Waals surface area contributed by atoms with Gasteiger partial charge in [0.2, 0.25) is 0 Å². The molecule has 0 aromatic carbocycles. The summed E-state index contributed by atoms with van der Waals surface area (Å²) in [7, 11) is 0. The van der Waals surface area contributed by atoms with Gasteiger partial charge in [0, 0.05) is 5.54 Å². The van der Waals surface area contributed by atoms with Crippen molar-refractivity contribution in [3.8, 4) is 0 Å². The smallest absolute Gasteiger partial charge is 0.0157 e. The van der Waals surface area contributed by atoms with Crippen LogP contribution in [-0.2, 0) is 0 Å². The van der Waals surface area contributed by atoms with Gasteiger partial charge in [0.05, 0.1) is 0 Å². The van der Waals surface area contributed by atoms with Gasteiger partial charge in [0.1, 0.15) is 0 Å². The van der Waals surface area contributed by atoms with Gasteiger partial charge < -0.3 is 5.73 Å². The second-order valence-electron chi connectivity index (χ2n) is 6.33. The van der Waals surface area contributed by atoms with Crippen molar-refractivity contribution in [1.29, 1.82) is 0 Å². The van der Waals surface area contributed by atoms with E-state index in [0.717, 1.165) is 11.8 Å². The molecule has 0 bridgehead atoms. The van der Waals surface area contributed by atoms with E-state index in [2.05, 4.69) is 20.8 Å². The largest absolute Gasteiger partial charge is 0.325 e. The molecule has 0 saturated heterocycles. The molecule has 0 aromatic heterocycles. The van der Waals surface area contributed by atoms with E-state index < -0.39 is 0 Å². The predicted octanol–water partition coefficient (Wildman–Crippen LogP) is 4.89. The second kappa shape index (κ2) is 7.41. The van der Waals surface area contributed by atoms with Crippen LogP contribution in [0.25, 0.3) is 0 Å². The molecular weight excluding hydrogens is 206 g/mol. The highest BCUT2D eigenvalue weighted by molar-refractivity contribution is 4.89. The molecule has 0 aromatic rings. The molecule has 2 atom stereocenters. The Balaban J connectivity index is 2.47. The third-order valence-electron chi connectivity index (χ3n) is 4.88. The van der Waals surface area contributed by atoms with Crippen molar-refractivity contribution in [2.24, 2.45) is 17.6 Å². The van der Waals surface area contributed by atoms with Crippen molar-refractivity contribution < 1.29 is 0 Å². The topological polar surface area (TPSA) is 26.0 Å². The van der Waals surface area contributed by atoms with E-state index in [1.165, 1.54) is 64.2 Å². The molecule has 1 heteroatoms. The van der Waals surface area contributed by atoms with Crippen LogP contribution in [0.4, 0.5) is 0 Å². The van der Waals surface area contributed by atoms with Gasteiger partial charge in [-0.25, -0.2) is 0 Å². The lowest BCUT2D eigenvalue weighted by atomic mass is 9.80. The van der Waals surface area contributed by atoms with Gasteiger partial charge in [0.25, 0.3) is 0 Å². The van der Waals surface area contributed by atoms with Gasteiger partial charge in [-0.15, -0.1) is 0 Å². The van der Waals surface area contributed by atoms with Crippen LogP contribution < -0.4 is 5.73 Å². The van der Waals surface area contributed by atoms with Crippen LogP contribution in [0, 0.1) is 11.8 Å². The molecule has 1 nitrogen and oxygen atoms in total. The number of hydrogen-bond donors (Lipinski definition) is 1. The highest BCUT2D eigenvalue weighted by Gasteiger charge is 2.30. The molecule has 1 fully saturated rings. The first kappa shape index (κ1) is 15.0. The normalized spacial score (nSPS) is 30.5. The molecule has 0 aliphatic heterocycles. The fourth-order valence-electron chi connectivity index (χ4n) is 3.56. The van der Waals surface area contributed by atoms with Crippen molar-refractivity contribution in [3.05, 3.63) is 0 Å². The molecule has 2 unspecified atom stereocenters. The summed E-state index contributed by atoms with van der Waals surface area (Å²) in [6.45, 7) is 6.94. The molecule has 0 heterocycles. The summed E-state index contributed by atoms with van der Waals surface area (Å²) in [5.74, 6) is 1.81. The molecule has 2 N–H and O–H groups in total. The number of nitrogens with two attached hydrogens (primary N) is 1. The quantitative estimate of drug-likeness (QED) is 0.656. The minimum atomic E-state index is 0.166. The van der Waals surface area contributed by atoms with Gasteiger partial charge in [0.15, 0.2) is 0 Å². The number of hydrogen-bond acceptors (Lipinski definition) is 1. The average Bonchev–Trinajstić information content (AvgIpc) is 2.50. The standard InChI is InChI=1S/C16H33N/c1-4-8-15-9-7-11-16(17,12-10-15)13-14(5-2)6-3/h14-15H,4-13,17H2,1-3H3. The van der Waals surface area contributed by atoms with Crippen LogP contribution in [0.5, 0.6) is 0 Å². The Hall–Kier alpha value is -0.0400. The second-order valence-corrected chi connectivity index (χ2v) is 6.33. The molecule has 1 rings (SSSR count). The van der Waals surface area contributed by atoms with Crippen molar-refractivity contribution in [3.63, 3.8) is 0 Å². The first-order valence-corrected chi connectivity index (χ1v) is 7.92. The lowest BCUT2D eigenvalue weighted by Crippen LogP contribution is -2.41. The Labute approximate surface area is 109 Å². The zero-order chi connectivity index (χ0) is 12.7. The van der Waals surface area contributed by atoms with Gasteiger partial charge in [-0.2, -0.15) is 0 Å². The fourth-order valence-corrected chi connectivity index (χ4v) is 3.56. The minimum absolute atomic E-state index is 0.166. The maximum atomic E-state index is 6.67. The Kier molecular flexibility index (Phi) is 6.54. The maximum Gasteiger partial charge on any atom is 0.0157 e. The molecule has 17 heavy (non-hydrogen) atoms. The van der Waals surface area contributed by atoms with E-state index in [0.29, 0.717) is 0 Å². The van der Waals surface area contributed by atoms with E-state index >= 15 is 0 Å². The number of rotatable bonds is 6. The summed E-state index contributed by atoms with van der Waals surface area (Å²) in [5, 5.41) is 0. The summed E-state index contributed by atoms with van der Waals surface area (Å²) in [4.78, 5) is 0. The van der Waals surface area contributed by atoms with Crippen LogP contribution in [0.1, 0.15) is 85.0 Å². The van der Waals surface area contributed by atoms with E-state index in [1.54, 1.807) is 0 Å². The van der Waals surface area contributed by atoms with Gasteiger partial charge in [-0.1, -0.05) is 59.3 Å². The summed E-state index contributed by atoms with van der Waals surface area (Å²) in [6, 6.07) is 0. The van der Waals surface area contributed by atoms with Crippen LogP contribution in [0.3, 0.4) is 0 Å². The monoisotopic (exact) mass is 239 g/mol. The van der Waals surface area contributed by atoms with Crippen LogP contribution in [-0.4, -0.2) is 5.54 Å². The van der Waals surface area contributed by atoms with Crippen LogP contribution in [0.15, 0.2) is 0 Å². The summed E-state index contributed by atoms with van der Waals surface area (Å²) in [6.07, 6.45) is 13.3. The summed E-state index contributed by atoms with van der Waals surface area (Å²) < 4.78 is 0. The summed E-state index contributed by atoms with van der Waals surface area (Å²) >= 11 is 0. The highest BCUT2D eigenvalue weighted by atomic mass is 14.7. The van der Waals surface area contributed by atoms with Crippen LogP contribution >= 0.6 is 0 Å². The highest BCUT2D eigenvalue weighted by Crippen LogP contribution is 2.35. The first-order chi connectivity index (χ1) is 8.13. The molecule has 0 spiro atoms. The molecule has 1 aliphatic carbocycles. The minimum Gasteiger partial charge on any atom is -0.325 e. The zero-order valence-electron chi connectivity index (χ0n) is 12.3. The van der Waals surface area contributed by atoms with Gasteiger partial charge >= 0.3 is 0 Å². The first-order valence-electron chi connectivity index (χ1n) is 7.92. The van der Waals surface area contributed by atoms with Crippen molar-refractivity contribution in [1.82, 2.24) is 0 Å². The molecule has 0 radical (unpaired) electrons. The molecule has 0 amide bonds. The molecule has 102 valence electrons. The lowest BCUT2D eigenvalue weighted by Gasteiger charge is -2.32. The third kappa shape index (κ3) is 4.99. The Morgan fingerprint density at radius 1 is 1.12 bits per heavy atom. The maximum absolute atomic E-state index is 6.67. The summed E-state index contributed by atoms with van der Waals surface area (Å²) in [5.41, 5.74) is 6.84. The van der Waals surface area contributed by atoms with Gasteiger partial charge in [-0.05, 0) is 37.5 Å². The average molecular weight is 239 g/mol. The lowest BCUT2D eigenvalue weighted by molar-refractivity contribution is 0.269. The molecular formula is C16H33N. The zero-order valence-corrected chi connectivity index (χ0v) is 12.3. The Morgan fingerprint density at radius 3 is 2.41 bits per heavy atom. The Bertz CT molecular complexity index is 198. The third-order valence-corrected chi connectivity index (χ3v) is 4.88. The van der Waals surface area contributed by atoms with Gasteiger partial charge in [-0.3, -0.25) is 0 Å². The van der Waals surface area contributed by atoms with E-state index in [9.17, 15) is 0 Å². The molecule has 1 aliphatic rings. The molecule has 1 saturated carbocycles. The predicted molar refractivity (Wildman–Crippen MR) is 77.1 cm³/mol. The SMILES string of the molecule is CCCC1CCCC(N)(CC(CC)CC)CC1. The van der Waals surface area contributed by atoms with E-state index in [1.807, 2.05) is 0 Å². The van der Waals surface area contributed by atoms with E-state index in [4.69, 9.17) is 5.73 Å². The van der Waals surface area contributed by atoms with Crippen molar-refractivity contribution >= 4 is 0 Å². The van der Waals surface area contributed by atoms with Crippen molar-refractivity contribution in [2.75, 3.05) is 0 Å². The fraction of sp³-hybridized carbons (Fsp3) is 1.00.